The number of hydrogen-bond donors (Lipinski definition) is 3. The van der Waals surface area contributed by atoms with Crippen molar-refractivity contribution in [3.05, 3.63) is 75.6 Å². The van der Waals surface area contributed by atoms with Crippen LogP contribution in [0.15, 0.2) is 64.3 Å². The monoisotopic (exact) mass is 613 g/mol. The van der Waals surface area contributed by atoms with Gasteiger partial charge in [0.15, 0.2) is 11.8 Å². The van der Waals surface area contributed by atoms with Crippen molar-refractivity contribution < 1.29 is 37.2 Å². The van der Waals surface area contributed by atoms with Gasteiger partial charge in [-0.25, -0.2) is 18.7 Å². The third-order valence-corrected chi connectivity index (χ3v) is 8.73. The molecule has 1 saturated heterocycles. The number of nitrogens with one attached hydrogen (secondary N) is 2. The Balaban J connectivity index is 1.64. The molecule has 41 heavy (non-hydrogen) atoms. The third-order valence-electron chi connectivity index (χ3n) is 6.27. The van der Waals surface area contributed by atoms with Crippen LogP contribution in [0, 0.1) is 0 Å². The van der Waals surface area contributed by atoms with Crippen molar-refractivity contribution in [3.8, 4) is 5.75 Å². The highest BCUT2D eigenvalue weighted by Gasteiger charge is 2.54. The van der Waals surface area contributed by atoms with E-state index in [9.17, 15) is 28.3 Å². The SMILES string of the molecule is CC(C)OC(=O)[C@H](C)NP(=S)(OC[C@]1(C(F)F)C[C@@H](O)[C@H](n2ccc(=O)[nH]c2=O)O1)Oc1cccc2ccccc12. The van der Waals surface area contributed by atoms with Crippen LogP contribution in [0.25, 0.3) is 10.8 Å². The van der Waals surface area contributed by atoms with Gasteiger partial charge in [-0.15, -0.1) is 0 Å². The molecular formula is C26H30F2N3O8PS. The topological polar surface area (TPSA) is 141 Å². The second kappa shape index (κ2) is 12.5. The fourth-order valence-corrected chi connectivity index (χ4v) is 6.74. The molecule has 2 aromatic carbocycles. The summed E-state index contributed by atoms with van der Waals surface area (Å²) in [5, 5.41) is 14.9. The Bertz CT molecular complexity index is 1560. The molecule has 0 radical (unpaired) electrons. The summed E-state index contributed by atoms with van der Waals surface area (Å²) in [6.07, 6.45) is -6.30. The van der Waals surface area contributed by atoms with Crippen LogP contribution in [0.1, 0.15) is 33.4 Å². The first kappa shape index (κ1) is 30.9. The zero-order valence-electron chi connectivity index (χ0n) is 22.4. The Morgan fingerprint density at radius 2 is 1.93 bits per heavy atom. The number of carbonyl (C=O) groups excluding carboxylic acids is 1. The number of aromatic amines is 1. The van der Waals surface area contributed by atoms with E-state index in [1.807, 2.05) is 23.2 Å². The summed E-state index contributed by atoms with van der Waals surface area (Å²) in [6, 6.07) is 12.4. The van der Waals surface area contributed by atoms with Crippen molar-refractivity contribution in [1.82, 2.24) is 14.6 Å². The second-order valence-corrected chi connectivity index (χ2v) is 13.0. The van der Waals surface area contributed by atoms with Gasteiger partial charge < -0.3 is 23.6 Å². The quantitative estimate of drug-likeness (QED) is 0.218. The van der Waals surface area contributed by atoms with Crippen LogP contribution in [0.2, 0.25) is 0 Å². The van der Waals surface area contributed by atoms with Gasteiger partial charge in [-0.1, -0.05) is 36.4 Å². The molecule has 1 aliphatic rings. The highest BCUT2D eigenvalue weighted by molar-refractivity contribution is 8.09. The Morgan fingerprint density at radius 3 is 2.61 bits per heavy atom. The van der Waals surface area contributed by atoms with Crippen molar-refractivity contribution in [2.45, 2.75) is 63.7 Å². The number of nitrogens with zero attached hydrogens (tertiary/aromatic N) is 1. The molecule has 222 valence electrons. The summed E-state index contributed by atoms with van der Waals surface area (Å²) in [7, 11) is 0. The van der Waals surface area contributed by atoms with Crippen molar-refractivity contribution in [3.63, 3.8) is 0 Å². The van der Waals surface area contributed by atoms with E-state index >= 15 is 0 Å². The van der Waals surface area contributed by atoms with E-state index in [0.717, 1.165) is 22.2 Å². The number of hydrogen-bond acceptors (Lipinski definition) is 9. The first-order chi connectivity index (χ1) is 19.3. The van der Waals surface area contributed by atoms with Gasteiger partial charge in [-0.2, -0.15) is 0 Å². The van der Waals surface area contributed by atoms with Crippen LogP contribution >= 0.6 is 6.64 Å². The Hall–Kier alpha value is -3.00. The first-order valence-electron chi connectivity index (χ1n) is 12.7. The highest BCUT2D eigenvalue weighted by atomic mass is 32.5. The number of alkyl halides is 2. The lowest BCUT2D eigenvalue weighted by Crippen LogP contribution is -2.44. The first-order valence-corrected chi connectivity index (χ1v) is 15.3. The van der Waals surface area contributed by atoms with Crippen LogP contribution < -0.4 is 20.9 Å². The molecule has 15 heteroatoms. The molecule has 3 N–H and O–H groups in total. The Kier molecular flexibility index (Phi) is 9.42. The maximum atomic E-state index is 14.5. The predicted octanol–water partition coefficient (Wildman–Crippen LogP) is 3.22. The molecular weight excluding hydrogens is 583 g/mol. The summed E-state index contributed by atoms with van der Waals surface area (Å²) < 4.78 is 52.7. The lowest BCUT2D eigenvalue weighted by Gasteiger charge is -2.32. The predicted molar refractivity (Wildman–Crippen MR) is 149 cm³/mol. The van der Waals surface area contributed by atoms with Crippen LogP contribution in [-0.2, 0) is 30.6 Å². The van der Waals surface area contributed by atoms with Gasteiger partial charge in [0.05, 0.1) is 12.7 Å². The summed E-state index contributed by atoms with van der Waals surface area (Å²) in [4.78, 5) is 38.3. The molecule has 0 bridgehead atoms. The van der Waals surface area contributed by atoms with Crippen molar-refractivity contribution >= 4 is 35.2 Å². The fourth-order valence-electron chi connectivity index (χ4n) is 4.30. The standard InChI is InChI=1S/C26H30F2N3O8PS/c1-15(2)37-23(34)16(3)30-40(41,39-20-10-6-8-17-7-4-5-9-18(17)20)36-14-26(24(27)28)13-19(32)22(38-26)31-12-11-21(33)29-25(31)35/h4-12,15-16,19,22,24,32H,13-14H2,1-3H3,(H,30,41)(H,29,33,35)/t16-,19+,22+,26-,40?/m0/s1. The highest BCUT2D eigenvalue weighted by Crippen LogP contribution is 2.50. The molecule has 0 saturated carbocycles. The van der Waals surface area contributed by atoms with E-state index < -0.39 is 73.4 Å². The van der Waals surface area contributed by atoms with Crippen molar-refractivity contribution in [2.24, 2.45) is 0 Å². The summed E-state index contributed by atoms with van der Waals surface area (Å²) in [5.41, 5.74) is -4.06. The van der Waals surface area contributed by atoms with Crippen LogP contribution in [0.3, 0.4) is 0 Å². The molecule has 1 unspecified atom stereocenters. The third kappa shape index (κ3) is 7.08. The van der Waals surface area contributed by atoms with Crippen LogP contribution in [-0.4, -0.2) is 57.5 Å². The fraction of sp³-hybridized carbons (Fsp3) is 0.423. The maximum absolute atomic E-state index is 14.5. The lowest BCUT2D eigenvalue weighted by atomic mass is 10.0. The number of benzene rings is 2. The summed E-state index contributed by atoms with van der Waals surface area (Å²) in [6.45, 7) is 0.157. The molecule has 1 fully saturated rings. The molecule has 0 amide bonds. The number of carbonyl (C=O) groups is 1. The summed E-state index contributed by atoms with van der Waals surface area (Å²) >= 11 is 5.70. The largest absolute Gasteiger partial charge is 0.462 e. The molecule has 4 rings (SSSR count). The zero-order valence-corrected chi connectivity index (χ0v) is 24.1. The average molecular weight is 614 g/mol. The number of aliphatic hydroxyl groups excluding tert-OH is 1. The van der Waals surface area contributed by atoms with Gasteiger partial charge in [-0.05, 0) is 44.0 Å². The minimum atomic E-state index is -3.79. The van der Waals surface area contributed by atoms with Gasteiger partial charge in [0.1, 0.15) is 17.9 Å². The Morgan fingerprint density at radius 1 is 1.22 bits per heavy atom. The van der Waals surface area contributed by atoms with Gasteiger partial charge in [0.25, 0.3) is 12.0 Å². The smallest absolute Gasteiger partial charge is 0.330 e. The van der Waals surface area contributed by atoms with Gasteiger partial charge in [0, 0.05) is 24.1 Å². The molecule has 2 heterocycles. The minimum Gasteiger partial charge on any atom is -0.462 e. The summed E-state index contributed by atoms with van der Waals surface area (Å²) in [5.74, 6) is -0.368. The number of aliphatic hydroxyl groups is 1. The van der Waals surface area contributed by atoms with Gasteiger partial charge in [0.2, 0.25) is 0 Å². The molecule has 1 aromatic heterocycles. The number of aromatic nitrogens is 2. The number of rotatable bonds is 11. The molecule has 11 nitrogen and oxygen atoms in total. The molecule has 5 atom stereocenters. The number of H-pyrrole nitrogens is 1. The normalized spacial score (nSPS) is 23.0. The van der Waals surface area contributed by atoms with Crippen LogP contribution in [0.5, 0.6) is 5.75 Å². The number of fused-ring (bicyclic) bond motifs is 1. The number of ether oxygens (including phenoxy) is 2. The maximum Gasteiger partial charge on any atom is 0.330 e. The van der Waals surface area contributed by atoms with E-state index in [2.05, 4.69) is 5.09 Å². The van der Waals surface area contributed by atoms with E-state index in [4.69, 9.17) is 30.3 Å². The van der Waals surface area contributed by atoms with Gasteiger partial charge >= 0.3 is 18.3 Å². The number of halogens is 2. The second-order valence-electron chi connectivity index (χ2n) is 9.84. The van der Waals surface area contributed by atoms with Crippen molar-refractivity contribution in [2.75, 3.05) is 6.61 Å². The van der Waals surface area contributed by atoms with E-state index in [1.54, 1.807) is 38.1 Å². The van der Waals surface area contributed by atoms with E-state index in [1.165, 1.54) is 6.92 Å². The molecule has 0 spiro atoms. The van der Waals surface area contributed by atoms with E-state index in [-0.39, 0.29) is 0 Å². The number of esters is 1. The average Bonchev–Trinajstić information content (AvgIpc) is 3.25. The molecule has 0 aliphatic carbocycles. The van der Waals surface area contributed by atoms with E-state index in [0.29, 0.717) is 11.1 Å². The zero-order chi connectivity index (χ0) is 29.9. The van der Waals surface area contributed by atoms with Gasteiger partial charge in [-0.3, -0.25) is 19.1 Å². The van der Waals surface area contributed by atoms with Crippen molar-refractivity contribution in [1.29, 1.82) is 0 Å². The lowest BCUT2D eigenvalue weighted by molar-refractivity contribution is -0.169. The molecule has 1 aliphatic heterocycles. The van der Waals surface area contributed by atoms with Crippen LogP contribution in [0.4, 0.5) is 8.78 Å². The minimum absolute atomic E-state index is 0.291. The molecule has 3 aromatic rings. The Labute approximate surface area is 238 Å².